The second kappa shape index (κ2) is 8.60. The first-order valence-electron chi connectivity index (χ1n) is 8.28. The molecule has 1 aliphatic rings. The number of carbonyl (C=O) groups is 1. The highest BCUT2D eigenvalue weighted by Gasteiger charge is 2.17. The molecule has 1 unspecified atom stereocenters. The van der Waals surface area contributed by atoms with E-state index in [1.165, 1.54) is 12.1 Å². The zero-order chi connectivity index (χ0) is 17.5. The van der Waals surface area contributed by atoms with Crippen LogP contribution >= 0.6 is 0 Å². The number of hydrogen-bond donors (Lipinski definition) is 2. The summed E-state index contributed by atoms with van der Waals surface area (Å²) in [5.41, 5.74) is 1.54. The summed E-state index contributed by atoms with van der Waals surface area (Å²) in [6.07, 6.45) is 0.222. The molecule has 0 aromatic heterocycles. The number of benzene rings is 2. The van der Waals surface area contributed by atoms with Crippen LogP contribution in [0.2, 0.25) is 0 Å². The van der Waals surface area contributed by atoms with Crippen molar-refractivity contribution in [2.45, 2.75) is 19.1 Å². The van der Waals surface area contributed by atoms with E-state index in [0.29, 0.717) is 37.6 Å². The highest BCUT2D eigenvalue weighted by molar-refractivity contribution is 5.91. The van der Waals surface area contributed by atoms with Crippen LogP contribution in [0, 0.1) is 5.82 Å². The van der Waals surface area contributed by atoms with Gasteiger partial charge < -0.3 is 20.1 Å². The molecular formula is C19H21FN2O3. The first kappa shape index (κ1) is 17.4. The zero-order valence-electron chi connectivity index (χ0n) is 13.8. The Hall–Kier alpha value is -2.44. The lowest BCUT2D eigenvalue weighted by Crippen LogP contribution is -2.40. The van der Waals surface area contributed by atoms with Crippen molar-refractivity contribution < 1.29 is 18.7 Å². The SMILES string of the molecule is O=C(CC1CNCCO1)Nc1cccc(OCc2ccc(F)cc2)c1. The Morgan fingerprint density at radius 3 is 2.88 bits per heavy atom. The van der Waals surface area contributed by atoms with Crippen LogP contribution in [0.3, 0.4) is 0 Å². The van der Waals surface area contributed by atoms with Crippen molar-refractivity contribution in [3.8, 4) is 5.75 Å². The monoisotopic (exact) mass is 344 g/mol. The Bertz CT molecular complexity index is 700. The molecular weight excluding hydrogens is 323 g/mol. The van der Waals surface area contributed by atoms with E-state index in [4.69, 9.17) is 9.47 Å². The standard InChI is InChI=1S/C19H21FN2O3/c20-15-6-4-14(5-7-15)13-25-17-3-1-2-16(10-17)22-19(23)11-18-12-21-8-9-24-18/h1-7,10,18,21H,8-9,11-13H2,(H,22,23). The van der Waals surface area contributed by atoms with Gasteiger partial charge in [0.25, 0.3) is 0 Å². The Kier molecular flexibility index (Phi) is 5.98. The van der Waals surface area contributed by atoms with Gasteiger partial charge in [0.2, 0.25) is 5.91 Å². The van der Waals surface area contributed by atoms with E-state index in [1.807, 2.05) is 18.2 Å². The molecule has 0 spiro atoms. The lowest BCUT2D eigenvalue weighted by molar-refractivity contribution is -0.119. The van der Waals surface area contributed by atoms with Crippen LogP contribution in [-0.4, -0.2) is 31.7 Å². The third kappa shape index (κ3) is 5.55. The van der Waals surface area contributed by atoms with Crippen LogP contribution in [0.15, 0.2) is 48.5 Å². The Morgan fingerprint density at radius 2 is 2.12 bits per heavy atom. The average Bonchev–Trinajstić information content (AvgIpc) is 2.62. The molecule has 1 amide bonds. The summed E-state index contributed by atoms with van der Waals surface area (Å²) < 4.78 is 24.1. The number of amides is 1. The van der Waals surface area contributed by atoms with Crippen molar-refractivity contribution in [3.63, 3.8) is 0 Å². The van der Waals surface area contributed by atoms with Gasteiger partial charge >= 0.3 is 0 Å². The fourth-order valence-electron chi connectivity index (χ4n) is 2.58. The molecule has 1 fully saturated rings. The summed E-state index contributed by atoms with van der Waals surface area (Å²) in [5, 5.41) is 6.06. The van der Waals surface area contributed by atoms with E-state index in [2.05, 4.69) is 10.6 Å². The quantitative estimate of drug-likeness (QED) is 0.846. The van der Waals surface area contributed by atoms with Crippen molar-refractivity contribution in [3.05, 3.63) is 59.9 Å². The fraction of sp³-hybridized carbons (Fsp3) is 0.316. The van der Waals surface area contributed by atoms with Gasteiger partial charge in [-0.3, -0.25) is 4.79 Å². The normalized spacial score (nSPS) is 17.1. The van der Waals surface area contributed by atoms with Gasteiger partial charge in [0.15, 0.2) is 0 Å². The van der Waals surface area contributed by atoms with Gasteiger partial charge in [0, 0.05) is 24.8 Å². The molecule has 5 nitrogen and oxygen atoms in total. The highest BCUT2D eigenvalue weighted by Crippen LogP contribution is 2.19. The summed E-state index contributed by atoms with van der Waals surface area (Å²) in [6.45, 7) is 2.48. The first-order valence-corrected chi connectivity index (χ1v) is 8.28. The number of nitrogens with one attached hydrogen (secondary N) is 2. The number of morpholine rings is 1. The van der Waals surface area contributed by atoms with E-state index in [9.17, 15) is 9.18 Å². The second-order valence-corrected chi connectivity index (χ2v) is 5.89. The van der Waals surface area contributed by atoms with Crippen LogP contribution in [0.1, 0.15) is 12.0 Å². The third-order valence-corrected chi connectivity index (χ3v) is 3.85. The molecule has 2 aromatic rings. The molecule has 0 radical (unpaired) electrons. The van der Waals surface area contributed by atoms with Gasteiger partial charge in [-0.05, 0) is 29.8 Å². The molecule has 1 heterocycles. The van der Waals surface area contributed by atoms with E-state index in [-0.39, 0.29) is 17.8 Å². The summed E-state index contributed by atoms with van der Waals surface area (Å²) >= 11 is 0. The van der Waals surface area contributed by atoms with Crippen LogP contribution in [0.5, 0.6) is 5.75 Å². The topological polar surface area (TPSA) is 59.6 Å². The average molecular weight is 344 g/mol. The Labute approximate surface area is 146 Å². The number of carbonyl (C=O) groups excluding carboxylic acids is 1. The van der Waals surface area contributed by atoms with Crippen molar-refractivity contribution in [1.82, 2.24) is 5.32 Å². The minimum absolute atomic E-state index is 0.0911. The van der Waals surface area contributed by atoms with E-state index < -0.39 is 0 Å². The number of anilines is 1. The van der Waals surface area contributed by atoms with Gasteiger partial charge in [0.1, 0.15) is 18.2 Å². The number of rotatable bonds is 6. The molecule has 6 heteroatoms. The third-order valence-electron chi connectivity index (χ3n) is 3.85. The molecule has 1 aliphatic heterocycles. The zero-order valence-corrected chi connectivity index (χ0v) is 13.8. The molecule has 1 saturated heterocycles. The van der Waals surface area contributed by atoms with Crippen molar-refractivity contribution in [1.29, 1.82) is 0 Å². The summed E-state index contributed by atoms with van der Waals surface area (Å²) in [7, 11) is 0. The second-order valence-electron chi connectivity index (χ2n) is 5.89. The molecule has 1 atom stereocenters. The smallest absolute Gasteiger partial charge is 0.227 e. The molecule has 2 N–H and O–H groups in total. The minimum atomic E-state index is -0.273. The molecule has 132 valence electrons. The van der Waals surface area contributed by atoms with E-state index in [1.54, 1.807) is 18.2 Å². The summed E-state index contributed by atoms with van der Waals surface area (Å²) in [6, 6.07) is 13.4. The Balaban J connectivity index is 1.51. The van der Waals surface area contributed by atoms with Crippen LogP contribution < -0.4 is 15.4 Å². The fourth-order valence-corrected chi connectivity index (χ4v) is 2.58. The Morgan fingerprint density at radius 1 is 1.28 bits per heavy atom. The van der Waals surface area contributed by atoms with Crippen LogP contribution in [0.25, 0.3) is 0 Å². The molecule has 25 heavy (non-hydrogen) atoms. The summed E-state index contributed by atoms with van der Waals surface area (Å²) in [4.78, 5) is 12.1. The maximum absolute atomic E-state index is 12.9. The van der Waals surface area contributed by atoms with Gasteiger partial charge in [-0.15, -0.1) is 0 Å². The predicted molar refractivity (Wildman–Crippen MR) is 93.0 cm³/mol. The first-order chi connectivity index (χ1) is 12.2. The molecule has 2 aromatic carbocycles. The van der Waals surface area contributed by atoms with Crippen molar-refractivity contribution >= 4 is 11.6 Å². The number of ether oxygens (including phenoxy) is 2. The summed E-state index contributed by atoms with van der Waals surface area (Å²) in [5.74, 6) is 0.271. The van der Waals surface area contributed by atoms with Gasteiger partial charge in [0.05, 0.1) is 19.1 Å². The van der Waals surface area contributed by atoms with Gasteiger partial charge in [-0.1, -0.05) is 18.2 Å². The van der Waals surface area contributed by atoms with Crippen molar-refractivity contribution in [2.24, 2.45) is 0 Å². The minimum Gasteiger partial charge on any atom is -0.489 e. The van der Waals surface area contributed by atoms with Crippen LogP contribution in [-0.2, 0) is 16.1 Å². The lowest BCUT2D eigenvalue weighted by atomic mass is 10.2. The molecule has 0 saturated carbocycles. The largest absolute Gasteiger partial charge is 0.489 e. The molecule has 3 rings (SSSR count). The van der Waals surface area contributed by atoms with Gasteiger partial charge in [-0.2, -0.15) is 0 Å². The lowest BCUT2D eigenvalue weighted by Gasteiger charge is -2.23. The van der Waals surface area contributed by atoms with Crippen molar-refractivity contribution in [2.75, 3.05) is 25.0 Å². The maximum Gasteiger partial charge on any atom is 0.227 e. The number of halogens is 1. The predicted octanol–water partition coefficient (Wildman–Crippen LogP) is 2.72. The van der Waals surface area contributed by atoms with E-state index in [0.717, 1.165) is 12.1 Å². The van der Waals surface area contributed by atoms with E-state index >= 15 is 0 Å². The number of hydrogen-bond acceptors (Lipinski definition) is 4. The van der Waals surface area contributed by atoms with Gasteiger partial charge in [-0.25, -0.2) is 4.39 Å². The maximum atomic E-state index is 12.9. The molecule has 0 aliphatic carbocycles. The molecule has 0 bridgehead atoms. The van der Waals surface area contributed by atoms with Crippen LogP contribution in [0.4, 0.5) is 10.1 Å². The highest BCUT2D eigenvalue weighted by atomic mass is 19.1.